The quantitative estimate of drug-likeness (QED) is 0.307. The molecule has 2 amide bonds. The van der Waals surface area contributed by atoms with E-state index >= 15 is 0 Å². The summed E-state index contributed by atoms with van der Waals surface area (Å²) in [6, 6.07) is 12.3. The van der Waals surface area contributed by atoms with Crippen LogP contribution >= 0.6 is 24.0 Å². The SMILES string of the molecule is CC1CC(C)(C)N2C(=O)C(=C3SC(=S)NC3=O)c3cc(OC(=O)c4ccccc4)cc1c32. The number of benzene rings is 2. The Bertz CT molecular complexity index is 1250. The van der Waals surface area contributed by atoms with Crippen LogP contribution in [0.25, 0.3) is 5.57 Å². The highest BCUT2D eigenvalue weighted by Crippen LogP contribution is 2.54. The fourth-order valence-electron chi connectivity index (χ4n) is 4.80. The maximum absolute atomic E-state index is 13.6. The predicted octanol–water partition coefficient (Wildman–Crippen LogP) is 4.40. The van der Waals surface area contributed by atoms with Crippen molar-refractivity contribution in [1.82, 2.24) is 5.32 Å². The van der Waals surface area contributed by atoms with Crippen LogP contribution in [0.2, 0.25) is 0 Å². The minimum absolute atomic E-state index is 0.133. The lowest BCUT2D eigenvalue weighted by Gasteiger charge is -2.43. The van der Waals surface area contributed by atoms with Crippen LogP contribution in [0.3, 0.4) is 0 Å². The number of carbonyl (C=O) groups excluding carboxylic acids is 3. The van der Waals surface area contributed by atoms with Crippen molar-refractivity contribution in [2.75, 3.05) is 4.90 Å². The molecule has 1 fully saturated rings. The molecule has 0 bridgehead atoms. The van der Waals surface area contributed by atoms with Gasteiger partial charge in [0.25, 0.3) is 11.8 Å². The standard InChI is InChI=1S/C24H20N2O4S2/c1-12-11-24(2,3)26-18-15(12)9-14(30-22(29)13-7-5-4-6-8-13)10-16(18)17(21(26)28)19-20(27)25-23(31)32-19/h4-10,12H,11H2,1-3H3,(H,25,27,31). The summed E-state index contributed by atoms with van der Waals surface area (Å²) in [6.45, 7) is 6.15. The van der Waals surface area contributed by atoms with Crippen LogP contribution in [0.4, 0.5) is 5.69 Å². The van der Waals surface area contributed by atoms with Gasteiger partial charge in [-0.1, -0.05) is 49.1 Å². The molecule has 32 heavy (non-hydrogen) atoms. The van der Waals surface area contributed by atoms with Crippen LogP contribution in [-0.4, -0.2) is 27.6 Å². The van der Waals surface area contributed by atoms with E-state index in [9.17, 15) is 14.4 Å². The van der Waals surface area contributed by atoms with Crippen molar-refractivity contribution >= 4 is 57.3 Å². The number of amides is 2. The molecule has 8 heteroatoms. The monoisotopic (exact) mass is 464 g/mol. The highest BCUT2D eigenvalue weighted by Gasteiger charge is 2.49. The second-order valence-electron chi connectivity index (χ2n) is 8.77. The summed E-state index contributed by atoms with van der Waals surface area (Å²) >= 11 is 6.24. The second-order valence-corrected chi connectivity index (χ2v) is 10.5. The van der Waals surface area contributed by atoms with Crippen molar-refractivity contribution in [3.8, 4) is 5.75 Å². The molecule has 6 nitrogen and oxygen atoms in total. The van der Waals surface area contributed by atoms with Crippen LogP contribution in [0.5, 0.6) is 5.75 Å². The number of ether oxygens (including phenoxy) is 1. The van der Waals surface area contributed by atoms with Crippen LogP contribution in [-0.2, 0) is 9.59 Å². The number of thioether (sulfide) groups is 1. The van der Waals surface area contributed by atoms with E-state index < -0.39 is 11.5 Å². The minimum Gasteiger partial charge on any atom is -0.423 e. The van der Waals surface area contributed by atoms with Crippen molar-refractivity contribution in [3.05, 3.63) is 64.1 Å². The molecule has 1 saturated heterocycles. The number of hydrogen-bond acceptors (Lipinski definition) is 6. The molecule has 3 aliphatic heterocycles. The molecular formula is C24H20N2O4S2. The Morgan fingerprint density at radius 3 is 2.59 bits per heavy atom. The molecule has 0 spiro atoms. The van der Waals surface area contributed by atoms with E-state index in [1.54, 1.807) is 35.2 Å². The average molecular weight is 465 g/mol. The zero-order valence-electron chi connectivity index (χ0n) is 17.7. The van der Waals surface area contributed by atoms with Gasteiger partial charge in [0, 0.05) is 11.1 Å². The lowest BCUT2D eigenvalue weighted by molar-refractivity contribution is -0.116. The first-order chi connectivity index (χ1) is 15.2. The zero-order chi connectivity index (χ0) is 22.8. The van der Waals surface area contributed by atoms with Gasteiger partial charge in [-0.15, -0.1) is 0 Å². The van der Waals surface area contributed by atoms with Gasteiger partial charge in [0.15, 0.2) is 0 Å². The van der Waals surface area contributed by atoms with Crippen LogP contribution < -0.4 is 15.0 Å². The summed E-state index contributed by atoms with van der Waals surface area (Å²) in [5, 5.41) is 2.60. The van der Waals surface area contributed by atoms with Crippen molar-refractivity contribution < 1.29 is 19.1 Å². The van der Waals surface area contributed by atoms with E-state index in [1.165, 1.54) is 0 Å². The Labute approximate surface area is 195 Å². The van der Waals surface area contributed by atoms with Gasteiger partial charge in [-0.05, 0) is 56.0 Å². The maximum Gasteiger partial charge on any atom is 0.343 e. The first-order valence-electron chi connectivity index (χ1n) is 10.2. The number of carbonyl (C=O) groups is 3. The molecule has 0 saturated carbocycles. The second kappa shape index (κ2) is 7.28. The predicted molar refractivity (Wildman–Crippen MR) is 128 cm³/mol. The molecule has 2 aromatic carbocycles. The van der Waals surface area contributed by atoms with Crippen molar-refractivity contribution in [3.63, 3.8) is 0 Å². The van der Waals surface area contributed by atoms with Crippen LogP contribution in [0, 0.1) is 0 Å². The molecule has 162 valence electrons. The molecular weight excluding hydrogens is 444 g/mol. The van der Waals surface area contributed by atoms with Gasteiger partial charge in [0.2, 0.25) is 0 Å². The minimum atomic E-state index is -0.480. The first-order valence-corrected chi connectivity index (χ1v) is 11.5. The molecule has 0 radical (unpaired) electrons. The molecule has 0 aromatic heterocycles. The number of hydrogen-bond donors (Lipinski definition) is 1. The Kier molecular flexibility index (Phi) is 4.76. The topological polar surface area (TPSA) is 75.7 Å². The number of anilines is 1. The summed E-state index contributed by atoms with van der Waals surface area (Å²) in [6.07, 6.45) is 0.738. The zero-order valence-corrected chi connectivity index (χ0v) is 19.4. The summed E-state index contributed by atoms with van der Waals surface area (Å²) in [5.74, 6) is -0.612. The van der Waals surface area contributed by atoms with Gasteiger partial charge >= 0.3 is 5.97 Å². The maximum atomic E-state index is 13.6. The number of thiocarbonyl (C=S) groups is 1. The Morgan fingerprint density at radius 2 is 1.94 bits per heavy atom. The van der Waals surface area contributed by atoms with E-state index in [2.05, 4.69) is 12.2 Å². The highest BCUT2D eigenvalue weighted by molar-refractivity contribution is 8.27. The summed E-state index contributed by atoms with van der Waals surface area (Å²) < 4.78 is 6.02. The smallest absolute Gasteiger partial charge is 0.343 e. The third-order valence-electron chi connectivity index (χ3n) is 6.03. The fourth-order valence-corrected chi connectivity index (χ4v) is 5.91. The molecule has 1 unspecified atom stereocenters. The van der Waals surface area contributed by atoms with E-state index in [0.29, 0.717) is 26.8 Å². The molecule has 2 aromatic rings. The van der Waals surface area contributed by atoms with Gasteiger partial charge in [0.05, 0.1) is 21.7 Å². The van der Waals surface area contributed by atoms with Crippen molar-refractivity contribution in [2.45, 2.75) is 38.6 Å². The molecule has 1 atom stereocenters. The normalized spacial score (nSPS) is 23.3. The Morgan fingerprint density at radius 1 is 1.22 bits per heavy atom. The highest BCUT2D eigenvalue weighted by atomic mass is 32.2. The third kappa shape index (κ3) is 3.17. The first kappa shape index (κ1) is 20.9. The van der Waals surface area contributed by atoms with E-state index in [-0.39, 0.29) is 22.6 Å². The van der Waals surface area contributed by atoms with Crippen LogP contribution in [0.1, 0.15) is 54.6 Å². The van der Waals surface area contributed by atoms with Crippen molar-refractivity contribution in [2.24, 2.45) is 0 Å². The lowest BCUT2D eigenvalue weighted by atomic mass is 9.80. The van der Waals surface area contributed by atoms with Gasteiger partial charge in [0.1, 0.15) is 10.1 Å². The van der Waals surface area contributed by atoms with Gasteiger partial charge in [-0.25, -0.2) is 4.79 Å². The van der Waals surface area contributed by atoms with Gasteiger partial charge in [-0.2, -0.15) is 0 Å². The van der Waals surface area contributed by atoms with E-state index in [4.69, 9.17) is 17.0 Å². The van der Waals surface area contributed by atoms with E-state index in [1.807, 2.05) is 26.0 Å². The number of esters is 1. The molecule has 1 N–H and O–H groups in total. The Hall–Kier alpha value is -2.97. The number of rotatable bonds is 2. The molecule has 3 heterocycles. The molecule has 5 rings (SSSR count). The van der Waals surface area contributed by atoms with Gasteiger partial charge < -0.3 is 15.0 Å². The van der Waals surface area contributed by atoms with Crippen molar-refractivity contribution in [1.29, 1.82) is 0 Å². The fraction of sp³-hybridized carbons (Fsp3) is 0.250. The average Bonchev–Trinajstić information content (AvgIpc) is 3.21. The number of nitrogens with zero attached hydrogens (tertiary/aromatic N) is 1. The lowest BCUT2D eigenvalue weighted by Crippen LogP contribution is -2.49. The van der Waals surface area contributed by atoms with Gasteiger partial charge in [-0.3, -0.25) is 9.59 Å². The molecule has 0 aliphatic carbocycles. The number of nitrogens with one attached hydrogen (secondary N) is 1. The summed E-state index contributed by atoms with van der Waals surface area (Å²) in [5.41, 5.74) is 2.62. The third-order valence-corrected chi connectivity index (χ3v) is 7.26. The Balaban J connectivity index is 1.69. The van der Waals surface area contributed by atoms with Crippen LogP contribution in [0.15, 0.2) is 47.4 Å². The van der Waals surface area contributed by atoms with E-state index in [0.717, 1.165) is 29.4 Å². The largest absolute Gasteiger partial charge is 0.423 e. The summed E-state index contributed by atoms with van der Waals surface area (Å²) in [7, 11) is 0. The summed E-state index contributed by atoms with van der Waals surface area (Å²) in [4.78, 5) is 40.9. The molecule has 3 aliphatic rings.